The van der Waals surface area contributed by atoms with Crippen LogP contribution in [0.15, 0.2) is 0 Å². The van der Waals surface area contributed by atoms with Crippen molar-refractivity contribution in [2.24, 2.45) is 0 Å². The summed E-state index contributed by atoms with van der Waals surface area (Å²) in [5.41, 5.74) is 0. The molecule has 0 saturated carbocycles. The average Bonchev–Trinajstić information content (AvgIpc) is 2.31. The number of aliphatic hydroxyl groups is 2. The number of rotatable bonds is 13. The molecule has 16 heavy (non-hydrogen) atoms. The van der Waals surface area contributed by atoms with Crippen molar-refractivity contribution in [2.45, 2.75) is 19.3 Å². The highest BCUT2D eigenvalue weighted by atomic mass is 32.2. The first-order valence-electron chi connectivity index (χ1n) is 5.86. The topological polar surface area (TPSA) is 58.9 Å². The first-order chi connectivity index (χ1) is 7.91. The summed E-state index contributed by atoms with van der Waals surface area (Å²) in [6.45, 7) is 2.62. The Balaban J connectivity index is 2.83. The number of unbranched alkanes of at least 4 members (excludes halogenated alkanes) is 1. The van der Waals surface area contributed by atoms with E-state index in [1.165, 1.54) is 0 Å². The van der Waals surface area contributed by atoms with Crippen molar-refractivity contribution >= 4 is 11.8 Å². The van der Waals surface area contributed by atoms with Gasteiger partial charge in [0.15, 0.2) is 0 Å². The molecule has 4 nitrogen and oxygen atoms in total. The Morgan fingerprint density at radius 1 is 0.688 bits per heavy atom. The molecule has 0 aromatic carbocycles. The molecule has 2 N–H and O–H groups in total. The highest BCUT2D eigenvalue weighted by Crippen LogP contribution is 2.06. The van der Waals surface area contributed by atoms with Gasteiger partial charge in [0, 0.05) is 13.2 Å². The Morgan fingerprint density at radius 2 is 1.25 bits per heavy atom. The normalized spacial score (nSPS) is 10.9. The molecule has 5 heteroatoms. The Morgan fingerprint density at radius 3 is 1.88 bits per heavy atom. The molecule has 0 aromatic heterocycles. The quantitative estimate of drug-likeness (QED) is 0.477. The lowest BCUT2D eigenvalue weighted by molar-refractivity contribution is 0.0905. The summed E-state index contributed by atoms with van der Waals surface area (Å²) in [6.07, 6.45) is 3.27. The zero-order valence-corrected chi connectivity index (χ0v) is 10.7. The highest BCUT2D eigenvalue weighted by Gasteiger charge is 1.92. The van der Waals surface area contributed by atoms with Gasteiger partial charge >= 0.3 is 0 Å². The minimum absolute atomic E-state index is 0.112. The first kappa shape index (κ1) is 16.2. The van der Waals surface area contributed by atoms with E-state index in [1.54, 1.807) is 0 Å². The van der Waals surface area contributed by atoms with Crippen molar-refractivity contribution in [2.75, 3.05) is 51.1 Å². The standard InChI is InChI=1S/C11H24O4S/c12-4-8-14-6-1-2-10-16-11-3-7-15-9-5-13/h12-13H,1-11H2. The predicted molar refractivity (Wildman–Crippen MR) is 67.0 cm³/mol. The molecule has 0 saturated heterocycles. The average molecular weight is 252 g/mol. The number of thioether (sulfide) groups is 1. The van der Waals surface area contributed by atoms with E-state index in [1.807, 2.05) is 11.8 Å². The number of ether oxygens (including phenoxy) is 2. The van der Waals surface area contributed by atoms with Crippen molar-refractivity contribution in [3.05, 3.63) is 0 Å². The van der Waals surface area contributed by atoms with Crippen LogP contribution in [0.25, 0.3) is 0 Å². The van der Waals surface area contributed by atoms with Crippen molar-refractivity contribution in [3.63, 3.8) is 0 Å². The molecule has 0 aliphatic heterocycles. The Bertz CT molecular complexity index is 111. The van der Waals surface area contributed by atoms with Crippen LogP contribution in [0.4, 0.5) is 0 Å². The van der Waals surface area contributed by atoms with Crippen LogP contribution >= 0.6 is 11.8 Å². The van der Waals surface area contributed by atoms with Crippen LogP contribution in [0, 0.1) is 0 Å². The fraction of sp³-hybridized carbons (Fsp3) is 1.00. The third kappa shape index (κ3) is 14.2. The van der Waals surface area contributed by atoms with Crippen molar-refractivity contribution < 1.29 is 19.7 Å². The minimum Gasteiger partial charge on any atom is -0.394 e. The zero-order valence-electron chi connectivity index (χ0n) is 9.90. The summed E-state index contributed by atoms with van der Waals surface area (Å²) in [5, 5.41) is 16.9. The maximum Gasteiger partial charge on any atom is 0.0697 e. The molecule has 0 bridgehead atoms. The lowest BCUT2D eigenvalue weighted by Crippen LogP contribution is -2.02. The molecule has 0 atom stereocenters. The van der Waals surface area contributed by atoms with Gasteiger partial charge in [-0.2, -0.15) is 11.8 Å². The van der Waals surface area contributed by atoms with E-state index in [9.17, 15) is 0 Å². The first-order valence-corrected chi connectivity index (χ1v) is 7.02. The fourth-order valence-electron chi connectivity index (χ4n) is 1.11. The third-order valence-corrected chi connectivity index (χ3v) is 3.03. The van der Waals surface area contributed by atoms with Gasteiger partial charge < -0.3 is 19.7 Å². The zero-order chi connectivity index (χ0) is 11.9. The van der Waals surface area contributed by atoms with Gasteiger partial charge in [-0.1, -0.05) is 0 Å². The molecular formula is C11H24O4S. The molecule has 0 amide bonds. The van der Waals surface area contributed by atoms with Crippen LogP contribution in [0.5, 0.6) is 0 Å². The summed E-state index contributed by atoms with van der Waals surface area (Å²) < 4.78 is 10.3. The maximum atomic E-state index is 8.47. The van der Waals surface area contributed by atoms with Gasteiger partial charge in [-0.05, 0) is 30.8 Å². The van der Waals surface area contributed by atoms with Crippen molar-refractivity contribution in [1.82, 2.24) is 0 Å². The Kier molecular flexibility index (Phi) is 15.4. The van der Waals surface area contributed by atoms with Crippen molar-refractivity contribution in [1.29, 1.82) is 0 Å². The molecule has 0 aromatic rings. The van der Waals surface area contributed by atoms with Gasteiger partial charge in [0.1, 0.15) is 0 Å². The second-order valence-corrected chi connectivity index (χ2v) is 4.57. The third-order valence-electron chi connectivity index (χ3n) is 1.88. The number of hydrogen-bond acceptors (Lipinski definition) is 5. The molecular weight excluding hydrogens is 228 g/mol. The molecule has 0 heterocycles. The van der Waals surface area contributed by atoms with Crippen LogP contribution in [0.1, 0.15) is 19.3 Å². The van der Waals surface area contributed by atoms with Crippen LogP contribution < -0.4 is 0 Å². The van der Waals surface area contributed by atoms with Gasteiger partial charge in [-0.3, -0.25) is 0 Å². The molecule has 0 spiro atoms. The van der Waals surface area contributed by atoms with E-state index in [4.69, 9.17) is 19.7 Å². The molecule has 0 unspecified atom stereocenters. The van der Waals surface area contributed by atoms with E-state index in [0.29, 0.717) is 13.2 Å². The number of aliphatic hydroxyl groups excluding tert-OH is 2. The summed E-state index contributed by atoms with van der Waals surface area (Å²) in [7, 11) is 0. The molecule has 0 aliphatic carbocycles. The molecule has 98 valence electrons. The van der Waals surface area contributed by atoms with Crippen molar-refractivity contribution in [3.8, 4) is 0 Å². The molecule has 0 fully saturated rings. The molecule has 0 rings (SSSR count). The van der Waals surface area contributed by atoms with E-state index < -0.39 is 0 Å². The van der Waals surface area contributed by atoms with E-state index in [2.05, 4.69) is 0 Å². The Hall–Kier alpha value is 0.190. The fourth-order valence-corrected chi connectivity index (χ4v) is 2.04. The summed E-state index contributed by atoms with van der Waals surface area (Å²) in [5.74, 6) is 2.27. The monoisotopic (exact) mass is 252 g/mol. The van der Waals surface area contributed by atoms with Crippen LogP contribution in [0.2, 0.25) is 0 Å². The number of hydrogen-bond donors (Lipinski definition) is 2. The molecule has 0 aliphatic rings. The SMILES string of the molecule is OCCOCCCCSCCCOCCO. The minimum atomic E-state index is 0.112. The Labute approximate surface area is 102 Å². The summed E-state index contributed by atoms with van der Waals surface area (Å²) in [6, 6.07) is 0. The lowest BCUT2D eigenvalue weighted by Gasteiger charge is -2.03. The smallest absolute Gasteiger partial charge is 0.0697 e. The van der Waals surface area contributed by atoms with Gasteiger partial charge in [-0.15, -0.1) is 0 Å². The lowest BCUT2D eigenvalue weighted by atomic mass is 10.4. The second kappa shape index (κ2) is 15.2. The maximum absolute atomic E-state index is 8.47. The van der Waals surface area contributed by atoms with Crippen LogP contribution in [0.3, 0.4) is 0 Å². The van der Waals surface area contributed by atoms with E-state index in [-0.39, 0.29) is 13.2 Å². The summed E-state index contributed by atoms with van der Waals surface area (Å²) in [4.78, 5) is 0. The summed E-state index contributed by atoms with van der Waals surface area (Å²) >= 11 is 1.93. The van der Waals surface area contributed by atoms with Crippen LogP contribution in [-0.4, -0.2) is 61.4 Å². The largest absolute Gasteiger partial charge is 0.394 e. The van der Waals surface area contributed by atoms with Crippen LogP contribution in [-0.2, 0) is 9.47 Å². The predicted octanol–water partition coefficient (Wildman–Crippen LogP) is 0.908. The second-order valence-electron chi connectivity index (χ2n) is 3.34. The van der Waals surface area contributed by atoms with Gasteiger partial charge in [-0.25, -0.2) is 0 Å². The van der Waals surface area contributed by atoms with Gasteiger partial charge in [0.05, 0.1) is 26.4 Å². The van der Waals surface area contributed by atoms with E-state index >= 15 is 0 Å². The van der Waals surface area contributed by atoms with Gasteiger partial charge in [0.25, 0.3) is 0 Å². The highest BCUT2D eigenvalue weighted by molar-refractivity contribution is 7.99. The van der Waals surface area contributed by atoms with E-state index in [0.717, 1.165) is 44.0 Å². The van der Waals surface area contributed by atoms with Gasteiger partial charge in [0.2, 0.25) is 0 Å². The molecule has 0 radical (unpaired) electrons.